The highest BCUT2D eigenvalue weighted by atomic mass is 16.5. The molecule has 0 unspecified atom stereocenters. The molecular weight excluding hydrogens is 130 g/mol. The van der Waals surface area contributed by atoms with Crippen LogP contribution in [-0.4, -0.2) is 32.1 Å². The SMILES string of the molecule is CC=C(C(=O)OC)N(C)C. The molecular formula is C7H13NO2. The lowest BCUT2D eigenvalue weighted by atomic mass is 10.4. The zero-order chi connectivity index (χ0) is 8.15. The Balaban J connectivity index is 4.24. The molecule has 0 aliphatic carbocycles. The molecule has 0 spiro atoms. The molecule has 0 rings (SSSR count). The highest BCUT2D eigenvalue weighted by molar-refractivity contribution is 5.87. The summed E-state index contributed by atoms with van der Waals surface area (Å²) in [5, 5.41) is 0. The van der Waals surface area contributed by atoms with Crippen molar-refractivity contribution in [1.82, 2.24) is 4.90 Å². The van der Waals surface area contributed by atoms with E-state index in [0.717, 1.165) is 0 Å². The van der Waals surface area contributed by atoms with Gasteiger partial charge in [0.15, 0.2) is 0 Å². The van der Waals surface area contributed by atoms with Gasteiger partial charge >= 0.3 is 5.97 Å². The van der Waals surface area contributed by atoms with Gasteiger partial charge in [-0.15, -0.1) is 0 Å². The Labute approximate surface area is 61.3 Å². The molecule has 0 amide bonds. The molecule has 0 saturated carbocycles. The highest BCUT2D eigenvalue weighted by Gasteiger charge is 2.08. The molecule has 0 aromatic rings. The van der Waals surface area contributed by atoms with Crippen molar-refractivity contribution in [3.8, 4) is 0 Å². The number of carbonyl (C=O) groups is 1. The van der Waals surface area contributed by atoms with Gasteiger partial charge in [0.25, 0.3) is 0 Å². The number of esters is 1. The highest BCUT2D eigenvalue weighted by Crippen LogP contribution is 1.99. The molecule has 0 aliphatic heterocycles. The van der Waals surface area contributed by atoms with Gasteiger partial charge in [0, 0.05) is 14.1 Å². The van der Waals surface area contributed by atoms with Crippen LogP contribution in [0.5, 0.6) is 0 Å². The van der Waals surface area contributed by atoms with Crippen molar-refractivity contribution in [3.63, 3.8) is 0 Å². The Morgan fingerprint density at radius 2 is 2.00 bits per heavy atom. The number of likely N-dealkylation sites (N-methyl/N-ethyl adjacent to an activating group) is 1. The van der Waals surface area contributed by atoms with E-state index in [1.165, 1.54) is 7.11 Å². The molecule has 0 bridgehead atoms. The summed E-state index contributed by atoms with van der Waals surface area (Å²) in [6.07, 6.45) is 1.71. The first-order chi connectivity index (χ1) is 4.63. The van der Waals surface area contributed by atoms with E-state index < -0.39 is 0 Å². The maximum atomic E-state index is 10.9. The molecule has 0 N–H and O–H groups in total. The predicted octanol–water partition coefficient (Wildman–Crippen LogP) is 0.625. The third-order valence-corrected chi connectivity index (χ3v) is 1.15. The van der Waals surface area contributed by atoms with Crippen molar-refractivity contribution in [3.05, 3.63) is 11.8 Å². The van der Waals surface area contributed by atoms with Gasteiger partial charge in [0.1, 0.15) is 5.70 Å². The summed E-state index contributed by atoms with van der Waals surface area (Å²) in [5.74, 6) is -0.299. The molecule has 0 heterocycles. The van der Waals surface area contributed by atoms with Gasteiger partial charge in [-0.25, -0.2) is 4.79 Å². The molecule has 3 nitrogen and oxygen atoms in total. The van der Waals surface area contributed by atoms with Crippen LogP contribution in [0.3, 0.4) is 0 Å². The van der Waals surface area contributed by atoms with Crippen LogP contribution in [0.2, 0.25) is 0 Å². The third kappa shape index (κ3) is 2.09. The summed E-state index contributed by atoms with van der Waals surface area (Å²) in [5.41, 5.74) is 0.572. The van der Waals surface area contributed by atoms with Crippen molar-refractivity contribution in [2.24, 2.45) is 0 Å². The van der Waals surface area contributed by atoms with Gasteiger partial charge in [-0.1, -0.05) is 6.08 Å². The summed E-state index contributed by atoms with van der Waals surface area (Å²) in [7, 11) is 4.97. The van der Waals surface area contributed by atoms with E-state index in [1.54, 1.807) is 32.0 Å². The fourth-order valence-electron chi connectivity index (χ4n) is 0.663. The topological polar surface area (TPSA) is 29.5 Å². The fraction of sp³-hybridized carbons (Fsp3) is 0.571. The zero-order valence-corrected chi connectivity index (χ0v) is 6.84. The third-order valence-electron chi connectivity index (χ3n) is 1.15. The van der Waals surface area contributed by atoms with Crippen LogP contribution in [0.15, 0.2) is 11.8 Å². The van der Waals surface area contributed by atoms with Crippen LogP contribution in [0.25, 0.3) is 0 Å². The quantitative estimate of drug-likeness (QED) is 0.419. The van der Waals surface area contributed by atoms with Crippen LogP contribution in [0.1, 0.15) is 6.92 Å². The van der Waals surface area contributed by atoms with E-state index in [9.17, 15) is 4.79 Å². The Morgan fingerprint density at radius 1 is 1.50 bits per heavy atom. The lowest BCUT2D eigenvalue weighted by molar-refractivity contribution is -0.137. The standard InChI is InChI=1S/C7H13NO2/c1-5-6(8(2)3)7(9)10-4/h5H,1-4H3. The minimum atomic E-state index is -0.299. The number of nitrogens with zero attached hydrogens (tertiary/aromatic N) is 1. The van der Waals surface area contributed by atoms with Crippen LogP contribution >= 0.6 is 0 Å². The van der Waals surface area contributed by atoms with Crippen LogP contribution in [-0.2, 0) is 9.53 Å². The molecule has 0 aromatic heterocycles. The van der Waals surface area contributed by atoms with E-state index in [1.807, 2.05) is 0 Å². The van der Waals surface area contributed by atoms with Gasteiger partial charge in [-0.3, -0.25) is 0 Å². The first-order valence-corrected chi connectivity index (χ1v) is 3.05. The average molecular weight is 143 g/mol. The molecule has 0 atom stereocenters. The minimum absolute atomic E-state index is 0.299. The Morgan fingerprint density at radius 3 is 2.10 bits per heavy atom. The van der Waals surface area contributed by atoms with E-state index in [2.05, 4.69) is 4.74 Å². The maximum Gasteiger partial charge on any atom is 0.353 e. The number of rotatable bonds is 2. The number of carbonyl (C=O) groups excluding carboxylic acids is 1. The number of hydrogen-bond acceptors (Lipinski definition) is 3. The lowest BCUT2D eigenvalue weighted by Gasteiger charge is -2.13. The van der Waals surface area contributed by atoms with Gasteiger partial charge < -0.3 is 9.64 Å². The molecule has 0 saturated heterocycles. The van der Waals surface area contributed by atoms with Crippen molar-refractivity contribution < 1.29 is 9.53 Å². The number of hydrogen-bond donors (Lipinski definition) is 0. The summed E-state index contributed by atoms with van der Waals surface area (Å²) in [6, 6.07) is 0. The lowest BCUT2D eigenvalue weighted by Crippen LogP contribution is -2.19. The Kier molecular flexibility index (Phi) is 3.54. The number of ether oxygens (including phenoxy) is 1. The van der Waals surface area contributed by atoms with Crippen molar-refractivity contribution in [2.75, 3.05) is 21.2 Å². The molecule has 10 heavy (non-hydrogen) atoms. The Bertz CT molecular complexity index is 150. The fourth-order valence-corrected chi connectivity index (χ4v) is 0.663. The predicted molar refractivity (Wildman–Crippen MR) is 39.5 cm³/mol. The molecule has 3 heteroatoms. The zero-order valence-electron chi connectivity index (χ0n) is 6.84. The van der Waals surface area contributed by atoms with Crippen LogP contribution in [0, 0.1) is 0 Å². The summed E-state index contributed by atoms with van der Waals surface area (Å²) in [4.78, 5) is 12.6. The second-order valence-corrected chi connectivity index (χ2v) is 2.06. The van der Waals surface area contributed by atoms with Gasteiger partial charge in [-0.2, -0.15) is 0 Å². The summed E-state index contributed by atoms with van der Waals surface area (Å²) in [6.45, 7) is 1.80. The van der Waals surface area contributed by atoms with Gasteiger partial charge in [-0.05, 0) is 6.92 Å². The van der Waals surface area contributed by atoms with E-state index in [4.69, 9.17) is 0 Å². The smallest absolute Gasteiger partial charge is 0.353 e. The first-order valence-electron chi connectivity index (χ1n) is 3.05. The van der Waals surface area contributed by atoms with E-state index in [0.29, 0.717) is 5.70 Å². The second-order valence-electron chi connectivity index (χ2n) is 2.06. The second kappa shape index (κ2) is 3.93. The monoisotopic (exact) mass is 143 g/mol. The van der Waals surface area contributed by atoms with Crippen molar-refractivity contribution >= 4 is 5.97 Å². The number of methoxy groups -OCH3 is 1. The van der Waals surface area contributed by atoms with Gasteiger partial charge in [0.05, 0.1) is 7.11 Å². The van der Waals surface area contributed by atoms with Crippen molar-refractivity contribution in [1.29, 1.82) is 0 Å². The maximum absolute atomic E-state index is 10.9. The largest absolute Gasteiger partial charge is 0.464 e. The molecule has 0 aliphatic rings. The van der Waals surface area contributed by atoms with Crippen molar-refractivity contribution in [2.45, 2.75) is 6.92 Å². The summed E-state index contributed by atoms with van der Waals surface area (Å²) < 4.78 is 4.52. The van der Waals surface area contributed by atoms with Crippen LogP contribution in [0.4, 0.5) is 0 Å². The van der Waals surface area contributed by atoms with E-state index >= 15 is 0 Å². The summed E-state index contributed by atoms with van der Waals surface area (Å²) >= 11 is 0. The van der Waals surface area contributed by atoms with Crippen LogP contribution < -0.4 is 0 Å². The van der Waals surface area contributed by atoms with Gasteiger partial charge in [0.2, 0.25) is 0 Å². The first kappa shape index (κ1) is 9.01. The molecule has 0 aromatic carbocycles. The average Bonchev–Trinajstić information content (AvgIpc) is 1.88. The molecule has 0 radical (unpaired) electrons. The number of allylic oxidation sites excluding steroid dienone is 1. The minimum Gasteiger partial charge on any atom is -0.464 e. The normalized spacial score (nSPS) is 11.0. The Hall–Kier alpha value is -0.990. The molecule has 0 fully saturated rings. The molecule has 58 valence electrons. The van der Waals surface area contributed by atoms with E-state index in [-0.39, 0.29) is 5.97 Å².